The number of nitrogens with zero attached hydrogens (tertiary/aromatic N) is 1. The summed E-state index contributed by atoms with van der Waals surface area (Å²) in [6.07, 6.45) is 3.66. The molecule has 50 valence electrons. The van der Waals surface area contributed by atoms with Crippen molar-refractivity contribution >= 4 is 31.0 Å². The fraction of sp³-hybridized carbons (Fsp3) is 0.500. The zero-order valence-corrected chi connectivity index (χ0v) is 8.56. The summed E-state index contributed by atoms with van der Waals surface area (Å²) in [5, 5.41) is 0. The van der Waals surface area contributed by atoms with Crippen LogP contribution in [0.2, 0.25) is 0 Å². The van der Waals surface area contributed by atoms with Crippen molar-refractivity contribution in [2.24, 2.45) is 0 Å². The van der Waals surface area contributed by atoms with Gasteiger partial charge in [-0.05, 0) is 0 Å². The first-order chi connectivity index (χ1) is 4.34. The third-order valence-corrected chi connectivity index (χ3v) is 1.87. The molecule has 1 fully saturated rings. The maximum atomic E-state index is 10.9. The normalized spacial score (nSPS) is 20.1. The summed E-state index contributed by atoms with van der Waals surface area (Å²) in [5.74, 6) is 0.275. The molecule has 0 aromatic carbocycles. The minimum atomic E-state index is 0.275. The zero-order chi connectivity index (χ0) is 6.69. The molecule has 0 aliphatic carbocycles. The molecule has 1 amide bonds. The van der Waals surface area contributed by atoms with Gasteiger partial charge in [0.15, 0.2) is 0 Å². The Bertz CT molecular complexity index is 144. The minimum absolute atomic E-state index is 0.275. The second kappa shape index (κ2) is 3.32. The van der Waals surface area contributed by atoms with E-state index in [9.17, 15) is 4.79 Å². The van der Waals surface area contributed by atoms with Gasteiger partial charge in [-0.15, -0.1) is 0 Å². The summed E-state index contributed by atoms with van der Waals surface area (Å²) in [5.41, 5.74) is 0. The van der Waals surface area contributed by atoms with Crippen LogP contribution in [-0.2, 0) is 4.79 Å². The van der Waals surface area contributed by atoms with Crippen LogP contribution in [0.4, 0.5) is 0 Å². The number of hydrogen-bond donors (Lipinski definition) is 0. The third-order valence-electron chi connectivity index (χ3n) is 1.36. The second-order valence-electron chi connectivity index (χ2n) is 1.99. The van der Waals surface area contributed by atoms with Crippen molar-refractivity contribution in [3.8, 4) is 0 Å². The van der Waals surface area contributed by atoms with Gasteiger partial charge in [0, 0.05) is 0 Å². The molecule has 0 spiro atoms. The van der Waals surface area contributed by atoms with Crippen molar-refractivity contribution in [1.82, 2.24) is 4.90 Å². The maximum absolute atomic E-state index is 10.9. The van der Waals surface area contributed by atoms with Gasteiger partial charge in [0.25, 0.3) is 0 Å². The van der Waals surface area contributed by atoms with Gasteiger partial charge in [0.1, 0.15) is 0 Å². The van der Waals surface area contributed by atoms with Crippen LogP contribution in [0.3, 0.4) is 0 Å². The number of carbonyl (C=O) groups excluding carboxylic acids is 1. The summed E-state index contributed by atoms with van der Waals surface area (Å²) >= 11 is 1.22. The van der Waals surface area contributed by atoms with Crippen LogP contribution in [0, 0.1) is 0 Å². The van der Waals surface area contributed by atoms with E-state index in [1.807, 2.05) is 9.93 Å². The predicted molar refractivity (Wildman–Crippen MR) is 37.2 cm³/mol. The van der Waals surface area contributed by atoms with Crippen molar-refractivity contribution in [3.63, 3.8) is 0 Å². The fourth-order valence-electron chi connectivity index (χ4n) is 0.907. The van der Waals surface area contributed by atoms with Crippen LogP contribution >= 0.6 is 0 Å². The van der Waals surface area contributed by atoms with Crippen LogP contribution in [-0.4, -0.2) is 42.4 Å². The molecule has 0 aromatic rings. The number of likely N-dealkylation sites (tertiary alicyclic amines) is 1. The van der Waals surface area contributed by atoms with Crippen LogP contribution in [0.25, 0.3) is 0 Å². The molecule has 1 aliphatic rings. The monoisotopic (exact) mass is 320 g/mol. The van der Waals surface area contributed by atoms with Gasteiger partial charge >= 0.3 is 70.0 Å². The van der Waals surface area contributed by atoms with E-state index in [1.54, 1.807) is 4.90 Å². The number of carbonyl (C=O) groups is 1. The first-order valence-electron chi connectivity index (χ1n) is 2.95. The van der Waals surface area contributed by atoms with E-state index in [1.165, 1.54) is 25.1 Å². The van der Waals surface area contributed by atoms with Gasteiger partial charge in [0.05, 0.1) is 0 Å². The Hall–Kier alpha value is 0.106. The molecule has 0 radical (unpaired) electrons. The Morgan fingerprint density at radius 2 is 2.44 bits per heavy atom. The molecule has 2 nitrogen and oxygen atoms in total. The predicted octanol–water partition coefficient (Wildman–Crippen LogP) is -0.0192. The Morgan fingerprint density at radius 1 is 1.67 bits per heavy atom. The summed E-state index contributed by atoms with van der Waals surface area (Å²) in [7, 11) is 0. The van der Waals surface area contributed by atoms with Crippen molar-refractivity contribution in [3.05, 3.63) is 9.93 Å². The standard InChI is InChI=1S/C6H8NO.Po.H/c1-2-7-5-3-4-6(7)8;;/h1-2H,3-5H2;;. The molecule has 0 aromatic heterocycles. The van der Waals surface area contributed by atoms with Gasteiger partial charge in [-0.25, -0.2) is 0 Å². The van der Waals surface area contributed by atoms with Gasteiger partial charge in [-0.1, -0.05) is 0 Å². The quantitative estimate of drug-likeness (QED) is 0.665. The average Bonchev–Trinajstić information content (AvgIpc) is 2.18. The van der Waals surface area contributed by atoms with Crippen LogP contribution in [0.1, 0.15) is 12.8 Å². The Kier molecular flexibility index (Phi) is 2.66. The number of rotatable bonds is 1. The van der Waals surface area contributed by atoms with Gasteiger partial charge < -0.3 is 0 Å². The summed E-state index contributed by atoms with van der Waals surface area (Å²) in [6, 6.07) is 0. The van der Waals surface area contributed by atoms with Crippen LogP contribution in [0.5, 0.6) is 0 Å². The molecule has 1 rings (SSSR count). The first-order valence-corrected chi connectivity index (χ1v) is 4.95. The Labute approximate surface area is 70.0 Å². The van der Waals surface area contributed by atoms with Crippen molar-refractivity contribution in [2.75, 3.05) is 6.54 Å². The van der Waals surface area contributed by atoms with Crippen molar-refractivity contribution in [1.29, 1.82) is 0 Å². The van der Waals surface area contributed by atoms with Gasteiger partial charge in [-0.3, -0.25) is 0 Å². The van der Waals surface area contributed by atoms with Crippen molar-refractivity contribution < 1.29 is 4.79 Å². The van der Waals surface area contributed by atoms with E-state index >= 15 is 0 Å². The Balaban J connectivity index is 2.49. The summed E-state index contributed by atoms with van der Waals surface area (Å²) in [6.45, 7) is 0.924. The molecule has 1 heterocycles. The zero-order valence-electron chi connectivity index (χ0n) is 5.08. The molecule has 3 heteroatoms. The molecule has 0 N–H and O–H groups in total. The topological polar surface area (TPSA) is 20.3 Å². The van der Waals surface area contributed by atoms with E-state index in [-0.39, 0.29) is 5.91 Å². The SMILES string of the molecule is O=C1CCCN1C=[CH][PoH]. The van der Waals surface area contributed by atoms with Crippen LogP contribution in [0.15, 0.2) is 9.93 Å². The summed E-state index contributed by atoms with van der Waals surface area (Å²) in [4.78, 5) is 12.6. The molecule has 9 heavy (non-hydrogen) atoms. The molecule has 0 saturated carbocycles. The van der Waals surface area contributed by atoms with E-state index in [2.05, 4.69) is 0 Å². The molecular weight excluding hydrogens is 311 g/mol. The molecule has 1 aliphatic heterocycles. The Morgan fingerprint density at radius 3 is 2.89 bits per heavy atom. The molecule has 0 unspecified atom stereocenters. The van der Waals surface area contributed by atoms with Gasteiger partial charge in [0.2, 0.25) is 0 Å². The number of amides is 1. The van der Waals surface area contributed by atoms with E-state index in [0.717, 1.165) is 19.4 Å². The van der Waals surface area contributed by atoms with E-state index in [0.29, 0.717) is 0 Å². The first kappa shape index (κ1) is 7.22. The molecular formula is C6H9NOPo. The number of hydrogen-bond acceptors (Lipinski definition) is 1. The third kappa shape index (κ3) is 1.76. The van der Waals surface area contributed by atoms with E-state index in [4.69, 9.17) is 0 Å². The fourth-order valence-corrected chi connectivity index (χ4v) is 1.53. The average molecular weight is 320 g/mol. The molecule has 0 atom stereocenters. The van der Waals surface area contributed by atoms with E-state index < -0.39 is 0 Å². The van der Waals surface area contributed by atoms with Crippen LogP contribution < -0.4 is 0 Å². The van der Waals surface area contributed by atoms with Crippen molar-refractivity contribution in [2.45, 2.75) is 12.8 Å². The molecule has 1 saturated heterocycles. The van der Waals surface area contributed by atoms with Gasteiger partial charge in [-0.2, -0.15) is 0 Å². The summed E-state index contributed by atoms with van der Waals surface area (Å²) < 4.78 is 2.00. The second-order valence-corrected chi connectivity index (χ2v) is 3.15. The molecule has 0 bridgehead atoms.